The van der Waals surface area contributed by atoms with E-state index in [2.05, 4.69) is 46.9 Å². The molecule has 30 heavy (non-hydrogen) atoms. The van der Waals surface area contributed by atoms with E-state index in [-0.39, 0.29) is 0 Å². The maximum absolute atomic E-state index is 12.2. The quantitative estimate of drug-likeness (QED) is 0.487. The van der Waals surface area contributed by atoms with Crippen LogP contribution < -0.4 is 5.32 Å². The summed E-state index contributed by atoms with van der Waals surface area (Å²) in [5, 5.41) is 3.45. The Morgan fingerprint density at radius 1 is 1.00 bits per heavy atom. The Balaban J connectivity index is 1.54. The summed E-state index contributed by atoms with van der Waals surface area (Å²) in [5.41, 5.74) is 0.902. The molecular weight excluding hydrogens is 366 g/mol. The fourth-order valence-corrected chi connectivity index (χ4v) is 9.31. The van der Waals surface area contributed by atoms with Gasteiger partial charge in [-0.1, -0.05) is 67.2 Å². The van der Waals surface area contributed by atoms with Crippen molar-refractivity contribution < 1.29 is 4.79 Å². The number of rotatable bonds is 6. The van der Waals surface area contributed by atoms with Crippen LogP contribution in [0, 0.1) is 52.3 Å². The molecule has 1 aliphatic heterocycles. The first kappa shape index (κ1) is 22.7. The maximum atomic E-state index is 12.2. The van der Waals surface area contributed by atoms with E-state index in [0.29, 0.717) is 22.8 Å². The van der Waals surface area contributed by atoms with Crippen molar-refractivity contribution in [1.29, 1.82) is 0 Å². The largest absolute Gasteiger partial charge is 0.353 e. The summed E-state index contributed by atoms with van der Waals surface area (Å²) < 4.78 is 0. The Labute approximate surface area is 186 Å². The van der Waals surface area contributed by atoms with Crippen LogP contribution in [-0.4, -0.2) is 11.9 Å². The monoisotopic (exact) mass is 415 g/mol. The number of hydrogen-bond acceptors (Lipinski definition) is 1. The molecule has 3 aliphatic carbocycles. The van der Waals surface area contributed by atoms with Crippen LogP contribution in [0.4, 0.5) is 0 Å². The Hall–Kier alpha value is -0.530. The SMILES string of the molecule is CCC1CC2NC(=O)CCC2(C)C2CCC3(C)C(C(C)CCCC(C)C)CCC3C12. The predicted octanol–water partition coefficient (Wildman–Crippen LogP) is 7.22. The molecule has 0 aromatic rings. The van der Waals surface area contributed by atoms with Crippen molar-refractivity contribution in [2.45, 2.75) is 118 Å². The van der Waals surface area contributed by atoms with Gasteiger partial charge in [0.25, 0.3) is 0 Å². The van der Waals surface area contributed by atoms with Crippen molar-refractivity contribution in [1.82, 2.24) is 5.32 Å². The molecule has 0 aromatic carbocycles. The molecule has 1 amide bonds. The van der Waals surface area contributed by atoms with E-state index in [9.17, 15) is 4.79 Å². The zero-order valence-corrected chi connectivity index (χ0v) is 20.8. The fraction of sp³-hybridized carbons (Fsp3) is 0.964. The third-order valence-corrected chi connectivity index (χ3v) is 11.0. The topological polar surface area (TPSA) is 29.1 Å². The molecule has 4 aliphatic rings. The number of carbonyl (C=O) groups excluding carboxylic acids is 1. The van der Waals surface area contributed by atoms with Gasteiger partial charge < -0.3 is 5.32 Å². The van der Waals surface area contributed by atoms with Gasteiger partial charge in [0.15, 0.2) is 0 Å². The highest BCUT2D eigenvalue weighted by atomic mass is 16.1. The van der Waals surface area contributed by atoms with Gasteiger partial charge in [0, 0.05) is 12.5 Å². The lowest BCUT2D eigenvalue weighted by Crippen LogP contribution is -2.63. The minimum Gasteiger partial charge on any atom is -0.353 e. The van der Waals surface area contributed by atoms with E-state index in [4.69, 9.17) is 0 Å². The summed E-state index contributed by atoms with van der Waals surface area (Å²) in [4.78, 5) is 12.2. The molecule has 1 N–H and O–H groups in total. The standard InChI is InChI=1S/C28H49NO/c1-7-20-17-24-28(6,16-14-25(30)29-24)23-13-15-27(5)21(11-12-22(27)26(20)23)19(4)10-8-9-18(2)3/h18-24,26H,7-17H2,1-6H3,(H,29,30). The lowest BCUT2D eigenvalue weighted by Gasteiger charge is -2.63. The number of nitrogens with one attached hydrogen (secondary N) is 1. The minimum atomic E-state index is 0.308. The molecule has 0 bridgehead atoms. The van der Waals surface area contributed by atoms with Gasteiger partial charge in [-0.2, -0.15) is 0 Å². The summed E-state index contributed by atoms with van der Waals surface area (Å²) in [5.74, 6) is 6.44. The Morgan fingerprint density at radius 2 is 1.73 bits per heavy atom. The molecule has 4 rings (SSSR count). The van der Waals surface area contributed by atoms with Crippen LogP contribution in [0.15, 0.2) is 0 Å². The second kappa shape index (κ2) is 8.43. The Bertz CT molecular complexity index is 628. The average Bonchev–Trinajstić information content (AvgIpc) is 3.05. The summed E-state index contributed by atoms with van der Waals surface area (Å²) in [6, 6.07) is 0.432. The van der Waals surface area contributed by atoms with E-state index in [1.807, 2.05) is 0 Å². The van der Waals surface area contributed by atoms with Gasteiger partial charge in [0.2, 0.25) is 5.91 Å². The van der Waals surface area contributed by atoms with Crippen LogP contribution in [0.5, 0.6) is 0 Å². The average molecular weight is 416 g/mol. The van der Waals surface area contributed by atoms with Crippen LogP contribution >= 0.6 is 0 Å². The van der Waals surface area contributed by atoms with Gasteiger partial charge in [-0.15, -0.1) is 0 Å². The zero-order chi connectivity index (χ0) is 21.7. The van der Waals surface area contributed by atoms with Gasteiger partial charge in [-0.3, -0.25) is 4.79 Å². The van der Waals surface area contributed by atoms with Crippen molar-refractivity contribution in [3.63, 3.8) is 0 Å². The van der Waals surface area contributed by atoms with Crippen LogP contribution in [0.2, 0.25) is 0 Å². The first-order valence-corrected chi connectivity index (χ1v) is 13.5. The van der Waals surface area contributed by atoms with E-state index in [0.717, 1.165) is 54.3 Å². The normalized spacial score (nSPS) is 46.7. The van der Waals surface area contributed by atoms with Crippen LogP contribution in [0.1, 0.15) is 112 Å². The highest BCUT2D eigenvalue weighted by Gasteiger charge is 2.62. The highest BCUT2D eigenvalue weighted by molar-refractivity contribution is 5.77. The van der Waals surface area contributed by atoms with Crippen LogP contribution in [-0.2, 0) is 4.79 Å². The molecule has 4 fully saturated rings. The molecular formula is C28H49NO. The second-order valence-electron chi connectivity index (χ2n) is 12.9. The van der Waals surface area contributed by atoms with Crippen LogP contribution in [0.3, 0.4) is 0 Å². The Kier molecular flexibility index (Phi) is 6.37. The first-order valence-electron chi connectivity index (χ1n) is 13.5. The van der Waals surface area contributed by atoms with Gasteiger partial charge >= 0.3 is 0 Å². The lowest BCUT2D eigenvalue weighted by atomic mass is 9.44. The maximum Gasteiger partial charge on any atom is 0.220 e. The second-order valence-corrected chi connectivity index (χ2v) is 12.9. The molecule has 2 nitrogen and oxygen atoms in total. The van der Waals surface area contributed by atoms with Crippen molar-refractivity contribution in [3.05, 3.63) is 0 Å². The fourth-order valence-electron chi connectivity index (χ4n) is 9.31. The number of amides is 1. The summed E-state index contributed by atoms with van der Waals surface area (Å²) in [6.07, 6.45) is 14.4. The smallest absolute Gasteiger partial charge is 0.220 e. The van der Waals surface area contributed by atoms with E-state index in [1.54, 1.807) is 0 Å². The first-order chi connectivity index (χ1) is 14.2. The third kappa shape index (κ3) is 3.66. The van der Waals surface area contributed by atoms with Gasteiger partial charge in [0.1, 0.15) is 0 Å². The Morgan fingerprint density at radius 3 is 2.43 bits per heavy atom. The molecule has 0 aromatic heterocycles. The van der Waals surface area contributed by atoms with Crippen molar-refractivity contribution in [3.8, 4) is 0 Å². The van der Waals surface area contributed by atoms with E-state index in [1.165, 1.54) is 57.8 Å². The highest BCUT2D eigenvalue weighted by Crippen LogP contribution is 2.68. The van der Waals surface area contributed by atoms with E-state index >= 15 is 0 Å². The molecule has 9 atom stereocenters. The van der Waals surface area contributed by atoms with Crippen molar-refractivity contribution in [2.24, 2.45) is 52.3 Å². The molecule has 2 heteroatoms. The molecule has 172 valence electrons. The van der Waals surface area contributed by atoms with Crippen molar-refractivity contribution in [2.75, 3.05) is 0 Å². The summed E-state index contributed by atoms with van der Waals surface area (Å²) >= 11 is 0. The molecule has 1 heterocycles. The van der Waals surface area contributed by atoms with Crippen LogP contribution in [0.25, 0.3) is 0 Å². The van der Waals surface area contributed by atoms with E-state index < -0.39 is 0 Å². The van der Waals surface area contributed by atoms with Gasteiger partial charge in [0.05, 0.1) is 0 Å². The molecule has 0 radical (unpaired) electrons. The number of hydrogen-bond donors (Lipinski definition) is 1. The molecule has 9 unspecified atom stereocenters. The summed E-state index contributed by atoms with van der Waals surface area (Å²) in [7, 11) is 0. The molecule has 1 saturated heterocycles. The predicted molar refractivity (Wildman–Crippen MR) is 126 cm³/mol. The van der Waals surface area contributed by atoms with Gasteiger partial charge in [-0.25, -0.2) is 0 Å². The number of fused-ring (bicyclic) bond motifs is 5. The number of carbonyl (C=O) groups is 1. The third-order valence-electron chi connectivity index (χ3n) is 11.0. The lowest BCUT2D eigenvalue weighted by molar-refractivity contribution is -0.146. The van der Waals surface area contributed by atoms with Gasteiger partial charge in [-0.05, 0) is 90.8 Å². The zero-order valence-electron chi connectivity index (χ0n) is 20.8. The molecule has 3 saturated carbocycles. The van der Waals surface area contributed by atoms with Crippen molar-refractivity contribution >= 4 is 5.91 Å². The minimum absolute atomic E-state index is 0.308. The summed E-state index contributed by atoms with van der Waals surface area (Å²) in [6.45, 7) is 15.0. The number of piperidine rings is 1. The molecule has 0 spiro atoms.